The SMILES string of the molecule is C=C(Cc1nc(CCCC)c(CCCC)o1)C(=O)O. The van der Waals surface area contributed by atoms with Crippen LogP contribution in [-0.2, 0) is 24.1 Å². The maximum atomic E-state index is 10.8. The number of carboxylic acids is 1. The fourth-order valence-corrected chi connectivity index (χ4v) is 1.84. The predicted octanol–water partition coefficient (Wildman–Crippen LogP) is 3.54. The van der Waals surface area contributed by atoms with Crippen LogP contribution in [0.5, 0.6) is 0 Å². The van der Waals surface area contributed by atoms with Crippen LogP contribution < -0.4 is 0 Å². The van der Waals surface area contributed by atoms with E-state index in [9.17, 15) is 4.79 Å². The van der Waals surface area contributed by atoms with Gasteiger partial charge in [-0.05, 0) is 19.3 Å². The highest BCUT2D eigenvalue weighted by Gasteiger charge is 2.15. The van der Waals surface area contributed by atoms with Crippen molar-refractivity contribution in [2.24, 2.45) is 0 Å². The first-order valence-electron chi connectivity index (χ1n) is 6.97. The molecule has 0 aliphatic rings. The highest BCUT2D eigenvalue weighted by atomic mass is 16.4. The van der Waals surface area contributed by atoms with Gasteiger partial charge in [0.25, 0.3) is 0 Å². The normalized spacial score (nSPS) is 10.6. The summed E-state index contributed by atoms with van der Waals surface area (Å²) >= 11 is 0. The molecular formula is C15H23NO3. The molecule has 0 aliphatic carbocycles. The van der Waals surface area contributed by atoms with Gasteiger partial charge >= 0.3 is 5.97 Å². The zero-order valence-corrected chi connectivity index (χ0v) is 11.9. The Labute approximate surface area is 114 Å². The first kappa shape index (κ1) is 15.5. The zero-order chi connectivity index (χ0) is 14.3. The second kappa shape index (κ2) is 7.77. The van der Waals surface area contributed by atoms with E-state index in [0.29, 0.717) is 5.89 Å². The summed E-state index contributed by atoms with van der Waals surface area (Å²) in [6, 6.07) is 0. The van der Waals surface area contributed by atoms with Crippen molar-refractivity contribution < 1.29 is 14.3 Å². The van der Waals surface area contributed by atoms with E-state index >= 15 is 0 Å². The third-order valence-electron chi connectivity index (χ3n) is 3.01. The average molecular weight is 265 g/mol. The van der Waals surface area contributed by atoms with Crippen LogP contribution in [0.1, 0.15) is 56.9 Å². The van der Waals surface area contributed by atoms with Crippen LogP contribution in [0, 0.1) is 0 Å². The number of rotatable bonds is 9. The molecule has 1 aromatic rings. The first-order valence-corrected chi connectivity index (χ1v) is 6.97. The Morgan fingerprint density at radius 3 is 2.47 bits per heavy atom. The van der Waals surface area contributed by atoms with Crippen molar-refractivity contribution in [2.75, 3.05) is 0 Å². The van der Waals surface area contributed by atoms with Crippen molar-refractivity contribution in [2.45, 2.75) is 58.8 Å². The highest BCUT2D eigenvalue weighted by molar-refractivity contribution is 5.86. The second-order valence-corrected chi connectivity index (χ2v) is 4.77. The Hall–Kier alpha value is -1.58. The number of unbranched alkanes of at least 4 members (excludes halogenated alkanes) is 2. The molecule has 0 spiro atoms. The van der Waals surface area contributed by atoms with Crippen LogP contribution in [0.25, 0.3) is 0 Å². The molecule has 0 aliphatic heterocycles. The first-order chi connectivity index (χ1) is 9.08. The van der Waals surface area contributed by atoms with Crippen LogP contribution in [0.15, 0.2) is 16.6 Å². The third-order valence-corrected chi connectivity index (χ3v) is 3.01. The van der Waals surface area contributed by atoms with E-state index in [1.165, 1.54) is 0 Å². The molecule has 0 saturated heterocycles. The van der Waals surface area contributed by atoms with Crippen molar-refractivity contribution >= 4 is 5.97 Å². The molecule has 19 heavy (non-hydrogen) atoms. The van der Waals surface area contributed by atoms with E-state index in [1.54, 1.807) is 0 Å². The monoisotopic (exact) mass is 265 g/mol. The number of hydrogen-bond donors (Lipinski definition) is 1. The third kappa shape index (κ3) is 4.89. The fraction of sp³-hybridized carbons (Fsp3) is 0.600. The number of aryl methyl sites for hydroxylation is 2. The lowest BCUT2D eigenvalue weighted by molar-refractivity contribution is -0.132. The minimum atomic E-state index is -0.997. The van der Waals surface area contributed by atoms with E-state index < -0.39 is 5.97 Å². The van der Waals surface area contributed by atoms with Crippen molar-refractivity contribution in [1.29, 1.82) is 0 Å². The van der Waals surface area contributed by atoms with Gasteiger partial charge in [-0.2, -0.15) is 0 Å². The Balaban J connectivity index is 2.79. The van der Waals surface area contributed by atoms with Gasteiger partial charge in [-0.3, -0.25) is 0 Å². The number of nitrogens with zero attached hydrogens (tertiary/aromatic N) is 1. The number of carboxylic acid groups (broad SMARTS) is 1. The summed E-state index contributed by atoms with van der Waals surface area (Å²) in [5.74, 6) is 0.400. The van der Waals surface area contributed by atoms with E-state index in [0.717, 1.165) is 50.0 Å². The highest BCUT2D eigenvalue weighted by Crippen LogP contribution is 2.18. The van der Waals surface area contributed by atoms with Crippen molar-refractivity contribution in [3.05, 3.63) is 29.5 Å². The molecule has 1 N–H and O–H groups in total. The van der Waals surface area contributed by atoms with E-state index in [-0.39, 0.29) is 12.0 Å². The molecule has 1 rings (SSSR count). The summed E-state index contributed by atoms with van der Waals surface area (Å²) in [4.78, 5) is 15.2. The molecule has 0 bridgehead atoms. The molecule has 106 valence electrons. The number of aliphatic carboxylic acids is 1. The average Bonchev–Trinajstić information content (AvgIpc) is 2.75. The van der Waals surface area contributed by atoms with Gasteiger partial charge in [0.2, 0.25) is 0 Å². The standard InChI is InChI=1S/C15H23NO3/c1-4-6-8-12-13(9-7-5-2)19-14(16-12)10-11(3)15(17)18/h3-10H2,1-2H3,(H,17,18). The Kier molecular flexibility index (Phi) is 6.33. The topological polar surface area (TPSA) is 63.3 Å². The van der Waals surface area contributed by atoms with Gasteiger partial charge in [0.1, 0.15) is 5.76 Å². The molecule has 0 fully saturated rings. The zero-order valence-electron chi connectivity index (χ0n) is 11.9. The van der Waals surface area contributed by atoms with Crippen LogP contribution in [-0.4, -0.2) is 16.1 Å². The molecule has 0 unspecified atom stereocenters. The van der Waals surface area contributed by atoms with Gasteiger partial charge in [-0.1, -0.05) is 33.3 Å². The largest absolute Gasteiger partial charge is 0.478 e. The number of oxazole rings is 1. The smallest absolute Gasteiger partial charge is 0.331 e. The lowest BCUT2D eigenvalue weighted by atomic mass is 10.1. The summed E-state index contributed by atoms with van der Waals surface area (Å²) in [6.07, 6.45) is 6.31. The predicted molar refractivity (Wildman–Crippen MR) is 74.2 cm³/mol. The summed E-state index contributed by atoms with van der Waals surface area (Å²) < 4.78 is 5.70. The lowest BCUT2D eigenvalue weighted by Gasteiger charge is -1.98. The van der Waals surface area contributed by atoms with Crippen LogP contribution in [0.3, 0.4) is 0 Å². The number of hydrogen-bond acceptors (Lipinski definition) is 3. The van der Waals surface area contributed by atoms with E-state index in [4.69, 9.17) is 9.52 Å². The van der Waals surface area contributed by atoms with Gasteiger partial charge in [-0.15, -0.1) is 0 Å². The van der Waals surface area contributed by atoms with Gasteiger partial charge in [0.05, 0.1) is 12.1 Å². The summed E-state index contributed by atoms with van der Waals surface area (Å²) in [5, 5.41) is 8.83. The minimum Gasteiger partial charge on any atom is -0.478 e. The molecule has 0 aromatic carbocycles. The maximum absolute atomic E-state index is 10.8. The fourth-order valence-electron chi connectivity index (χ4n) is 1.84. The molecule has 1 aromatic heterocycles. The van der Waals surface area contributed by atoms with Crippen LogP contribution in [0.4, 0.5) is 0 Å². The van der Waals surface area contributed by atoms with E-state index in [1.807, 2.05) is 0 Å². The number of carbonyl (C=O) groups is 1. The second-order valence-electron chi connectivity index (χ2n) is 4.77. The van der Waals surface area contributed by atoms with Crippen LogP contribution >= 0.6 is 0 Å². The van der Waals surface area contributed by atoms with Crippen molar-refractivity contribution in [3.63, 3.8) is 0 Å². The summed E-state index contributed by atoms with van der Waals surface area (Å²) in [6.45, 7) is 7.79. The molecule has 1 heterocycles. The molecular weight excluding hydrogens is 242 g/mol. The number of aromatic nitrogens is 1. The van der Waals surface area contributed by atoms with E-state index in [2.05, 4.69) is 25.4 Å². The Morgan fingerprint density at radius 1 is 1.26 bits per heavy atom. The lowest BCUT2D eigenvalue weighted by Crippen LogP contribution is -2.02. The minimum absolute atomic E-state index is 0.116. The molecule has 4 heteroatoms. The molecule has 0 radical (unpaired) electrons. The summed E-state index contributed by atoms with van der Waals surface area (Å²) in [5.41, 5.74) is 1.11. The Morgan fingerprint density at radius 2 is 1.89 bits per heavy atom. The summed E-state index contributed by atoms with van der Waals surface area (Å²) in [7, 11) is 0. The van der Waals surface area contributed by atoms with Gasteiger partial charge < -0.3 is 9.52 Å². The maximum Gasteiger partial charge on any atom is 0.331 e. The molecule has 0 amide bonds. The molecule has 4 nitrogen and oxygen atoms in total. The van der Waals surface area contributed by atoms with Crippen LogP contribution in [0.2, 0.25) is 0 Å². The molecule has 0 saturated carbocycles. The van der Waals surface area contributed by atoms with Gasteiger partial charge in [0, 0.05) is 12.0 Å². The van der Waals surface area contributed by atoms with Gasteiger partial charge in [-0.25, -0.2) is 9.78 Å². The van der Waals surface area contributed by atoms with Crippen molar-refractivity contribution in [3.8, 4) is 0 Å². The Bertz CT molecular complexity index is 409. The molecule has 0 atom stereocenters. The van der Waals surface area contributed by atoms with Crippen molar-refractivity contribution in [1.82, 2.24) is 4.98 Å². The quantitative estimate of drug-likeness (QED) is 0.694. The van der Waals surface area contributed by atoms with Gasteiger partial charge in [0.15, 0.2) is 5.89 Å².